The number of nitrogens with one attached hydrogen (secondary N) is 1. The topological polar surface area (TPSA) is 97.3 Å². The average molecular weight is 399 g/mol. The van der Waals surface area contributed by atoms with E-state index in [4.69, 9.17) is 14.2 Å². The number of amides is 2. The molecule has 8 heteroatoms. The third-order valence-electron chi connectivity index (χ3n) is 5.82. The molecule has 3 heterocycles. The fourth-order valence-corrected chi connectivity index (χ4v) is 4.32. The Labute approximate surface area is 166 Å². The van der Waals surface area contributed by atoms with Crippen molar-refractivity contribution in [2.45, 2.75) is 69.8 Å². The van der Waals surface area contributed by atoms with Crippen molar-refractivity contribution in [2.75, 3.05) is 39.5 Å². The Balaban J connectivity index is 1.64. The minimum Gasteiger partial charge on any atom is -0.389 e. The summed E-state index contributed by atoms with van der Waals surface area (Å²) < 4.78 is 17.2. The van der Waals surface area contributed by atoms with Gasteiger partial charge in [0.05, 0.1) is 37.9 Å². The van der Waals surface area contributed by atoms with Crippen LogP contribution in [-0.4, -0.2) is 85.7 Å². The molecule has 0 saturated carbocycles. The minimum absolute atomic E-state index is 0.00243. The molecular formula is C20H34N2O6. The van der Waals surface area contributed by atoms with E-state index >= 15 is 0 Å². The zero-order valence-electron chi connectivity index (χ0n) is 16.8. The molecule has 0 radical (unpaired) electrons. The van der Waals surface area contributed by atoms with Crippen LogP contribution >= 0.6 is 0 Å². The van der Waals surface area contributed by atoms with E-state index in [9.17, 15) is 14.7 Å². The number of carbonyl (C=O) groups excluding carboxylic acids is 2. The van der Waals surface area contributed by atoms with E-state index < -0.39 is 6.10 Å². The second kappa shape index (κ2) is 10.5. The van der Waals surface area contributed by atoms with Crippen LogP contribution in [0.4, 0.5) is 0 Å². The molecule has 0 aromatic rings. The SMILES string of the molecule is CCCNC(=O)C[C@H]1CC[C@H]2[C@@H](COC[C@@H](O)CN2C(=O)C2CCOCC2)O1. The molecule has 28 heavy (non-hydrogen) atoms. The maximum atomic E-state index is 13.2. The maximum Gasteiger partial charge on any atom is 0.226 e. The van der Waals surface area contributed by atoms with Gasteiger partial charge in [0, 0.05) is 32.2 Å². The third-order valence-corrected chi connectivity index (χ3v) is 5.82. The molecule has 160 valence electrons. The number of β-amino-alcohol motifs (C(OH)–C–C–N with tert-alkyl or cyclic N) is 1. The van der Waals surface area contributed by atoms with Crippen LogP contribution in [0.5, 0.6) is 0 Å². The van der Waals surface area contributed by atoms with Crippen molar-refractivity contribution in [3.05, 3.63) is 0 Å². The number of hydrogen-bond acceptors (Lipinski definition) is 6. The van der Waals surface area contributed by atoms with E-state index in [0.717, 1.165) is 25.7 Å². The number of carbonyl (C=O) groups is 2. The summed E-state index contributed by atoms with van der Waals surface area (Å²) in [6.45, 7) is 4.68. The van der Waals surface area contributed by atoms with Gasteiger partial charge in [-0.3, -0.25) is 9.59 Å². The molecule has 2 amide bonds. The molecule has 3 rings (SSSR count). The Hall–Kier alpha value is -1.22. The number of fused-ring (bicyclic) bond motifs is 1. The fraction of sp³-hybridized carbons (Fsp3) is 0.900. The molecular weight excluding hydrogens is 364 g/mol. The minimum atomic E-state index is -0.692. The van der Waals surface area contributed by atoms with E-state index in [1.54, 1.807) is 0 Å². The first-order chi connectivity index (χ1) is 13.6. The van der Waals surface area contributed by atoms with E-state index in [2.05, 4.69) is 5.32 Å². The molecule has 0 aromatic heterocycles. The molecule has 3 saturated heterocycles. The van der Waals surface area contributed by atoms with Crippen LogP contribution in [0.2, 0.25) is 0 Å². The largest absolute Gasteiger partial charge is 0.389 e. The van der Waals surface area contributed by atoms with E-state index in [1.165, 1.54) is 0 Å². The number of rotatable bonds is 5. The summed E-state index contributed by atoms with van der Waals surface area (Å²) in [6, 6.07) is -0.125. The van der Waals surface area contributed by atoms with E-state index in [0.29, 0.717) is 39.2 Å². The molecule has 2 N–H and O–H groups in total. The second-order valence-electron chi connectivity index (χ2n) is 8.06. The predicted molar refractivity (Wildman–Crippen MR) is 102 cm³/mol. The van der Waals surface area contributed by atoms with Gasteiger partial charge in [0.2, 0.25) is 11.8 Å². The maximum absolute atomic E-state index is 13.2. The first-order valence-electron chi connectivity index (χ1n) is 10.6. The van der Waals surface area contributed by atoms with Crippen LogP contribution < -0.4 is 5.32 Å². The third kappa shape index (κ3) is 5.65. The summed E-state index contributed by atoms with van der Waals surface area (Å²) in [7, 11) is 0. The lowest BCUT2D eigenvalue weighted by Gasteiger charge is -2.45. The highest BCUT2D eigenvalue weighted by Gasteiger charge is 2.41. The second-order valence-corrected chi connectivity index (χ2v) is 8.06. The molecule has 3 fully saturated rings. The lowest BCUT2D eigenvalue weighted by molar-refractivity contribution is -0.173. The van der Waals surface area contributed by atoms with Gasteiger partial charge in [-0.15, -0.1) is 0 Å². The number of ether oxygens (including phenoxy) is 3. The first kappa shape index (κ1) is 21.5. The highest BCUT2D eigenvalue weighted by atomic mass is 16.5. The smallest absolute Gasteiger partial charge is 0.226 e. The van der Waals surface area contributed by atoms with E-state index in [-0.39, 0.29) is 49.1 Å². The summed E-state index contributed by atoms with van der Waals surface area (Å²) in [5.74, 6) is 0.0316. The Morgan fingerprint density at radius 1 is 1.11 bits per heavy atom. The normalized spacial score (nSPS) is 32.1. The molecule has 0 aliphatic carbocycles. The quantitative estimate of drug-likeness (QED) is 0.699. The summed E-state index contributed by atoms with van der Waals surface area (Å²) >= 11 is 0. The lowest BCUT2D eigenvalue weighted by Crippen LogP contribution is -2.58. The molecule has 0 bridgehead atoms. The molecule has 0 spiro atoms. The standard InChI is InChI=1S/C20H34N2O6/c1-2-7-21-19(24)10-16-3-4-17-18(28-16)13-27-12-15(23)11-22(17)20(25)14-5-8-26-9-6-14/h14-18,23H,2-13H2,1H3,(H,21,24)/t15-,16+,17-,18+/m0/s1. The van der Waals surface area contributed by atoms with Gasteiger partial charge in [-0.25, -0.2) is 0 Å². The summed E-state index contributed by atoms with van der Waals surface area (Å²) in [4.78, 5) is 27.1. The summed E-state index contributed by atoms with van der Waals surface area (Å²) in [5, 5.41) is 13.1. The zero-order chi connectivity index (χ0) is 19.9. The monoisotopic (exact) mass is 398 g/mol. The van der Waals surface area contributed by atoms with Crippen LogP contribution in [0.15, 0.2) is 0 Å². The molecule has 4 atom stereocenters. The Kier molecular flexibility index (Phi) is 8.08. The van der Waals surface area contributed by atoms with Crippen molar-refractivity contribution >= 4 is 11.8 Å². The van der Waals surface area contributed by atoms with Gasteiger partial charge in [-0.2, -0.15) is 0 Å². The molecule has 3 aliphatic rings. The Morgan fingerprint density at radius 3 is 2.64 bits per heavy atom. The van der Waals surface area contributed by atoms with Crippen molar-refractivity contribution in [3.8, 4) is 0 Å². The van der Waals surface area contributed by atoms with Gasteiger partial charge in [-0.1, -0.05) is 6.92 Å². The molecule has 0 unspecified atom stereocenters. The van der Waals surface area contributed by atoms with Crippen LogP contribution in [0.25, 0.3) is 0 Å². The van der Waals surface area contributed by atoms with Crippen molar-refractivity contribution in [2.24, 2.45) is 5.92 Å². The van der Waals surface area contributed by atoms with Gasteiger partial charge in [0.1, 0.15) is 6.10 Å². The molecule has 3 aliphatic heterocycles. The zero-order valence-corrected chi connectivity index (χ0v) is 16.8. The Morgan fingerprint density at radius 2 is 1.89 bits per heavy atom. The summed E-state index contributed by atoms with van der Waals surface area (Å²) in [5.41, 5.74) is 0. The van der Waals surface area contributed by atoms with Crippen LogP contribution in [0.1, 0.15) is 45.4 Å². The Bertz CT molecular complexity index is 525. The van der Waals surface area contributed by atoms with Crippen LogP contribution in [0, 0.1) is 5.92 Å². The van der Waals surface area contributed by atoms with Crippen LogP contribution in [-0.2, 0) is 23.8 Å². The van der Waals surface area contributed by atoms with Crippen molar-refractivity contribution in [1.29, 1.82) is 0 Å². The summed E-state index contributed by atoms with van der Waals surface area (Å²) in [6.07, 6.45) is 3.03. The van der Waals surface area contributed by atoms with Crippen molar-refractivity contribution < 1.29 is 28.9 Å². The van der Waals surface area contributed by atoms with Crippen molar-refractivity contribution in [1.82, 2.24) is 10.2 Å². The highest BCUT2D eigenvalue weighted by molar-refractivity contribution is 5.79. The fourth-order valence-electron chi connectivity index (χ4n) is 4.32. The molecule has 0 aromatic carbocycles. The first-order valence-corrected chi connectivity index (χ1v) is 10.6. The van der Waals surface area contributed by atoms with Gasteiger partial charge >= 0.3 is 0 Å². The number of aliphatic hydroxyl groups is 1. The number of hydrogen-bond donors (Lipinski definition) is 2. The van der Waals surface area contributed by atoms with Gasteiger partial charge in [0.15, 0.2) is 0 Å². The average Bonchev–Trinajstić information content (AvgIpc) is 2.70. The van der Waals surface area contributed by atoms with Gasteiger partial charge in [0.25, 0.3) is 0 Å². The van der Waals surface area contributed by atoms with Crippen LogP contribution in [0.3, 0.4) is 0 Å². The lowest BCUT2D eigenvalue weighted by atomic mass is 9.91. The van der Waals surface area contributed by atoms with Crippen molar-refractivity contribution in [3.63, 3.8) is 0 Å². The number of nitrogens with zero attached hydrogens (tertiary/aromatic N) is 1. The van der Waals surface area contributed by atoms with Gasteiger partial charge < -0.3 is 29.5 Å². The highest BCUT2D eigenvalue weighted by Crippen LogP contribution is 2.30. The van der Waals surface area contributed by atoms with Gasteiger partial charge in [-0.05, 0) is 32.1 Å². The van der Waals surface area contributed by atoms with E-state index in [1.807, 2.05) is 11.8 Å². The molecule has 8 nitrogen and oxygen atoms in total. The number of aliphatic hydroxyl groups excluding tert-OH is 1. The predicted octanol–water partition coefficient (Wildman–Crippen LogP) is 0.465.